The summed E-state index contributed by atoms with van der Waals surface area (Å²) in [5.74, 6) is -1.00. The molecule has 0 aromatic heterocycles. The van der Waals surface area contributed by atoms with Crippen molar-refractivity contribution in [2.75, 3.05) is 19.8 Å². The lowest BCUT2D eigenvalue weighted by atomic mass is 9.80. The molecule has 1 aliphatic rings. The van der Waals surface area contributed by atoms with E-state index in [-0.39, 0.29) is 18.9 Å². The minimum Gasteiger partial charge on any atom is -0.481 e. The summed E-state index contributed by atoms with van der Waals surface area (Å²) in [6.07, 6.45) is 1.15. The van der Waals surface area contributed by atoms with E-state index in [0.29, 0.717) is 26.1 Å². The number of rotatable bonds is 5. The number of ether oxygens (including phenoxy) is 1. The molecule has 5 heteroatoms. The van der Waals surface area contributed by atoms with Gasteiger partial charge in [0.2, 0.25) is 5.91 Å². The molecular formula is C16H21NO4. The summed E-state index contributed by atoms with van der Waals surface area (Å²) in [5, 5.41) is 12.2. The van der Waals surface area contributed by atoms with Gasteiger partial charge in [-0.3, -0.25) is 9.59 Å². The first kappa shape index (κ1) is 15.5. The van der Waals surface area contributed by atoms with Crippen LogP contribution in [0.2, 0.25) is 0 Å². The summed E-state index contributed by atoms with van der Waals surface area (Å²) >= 11 is 0. The zero-order valence-electron chi connectivity index (χ0n) is 12.2. The van der Waals surface area contributed by atoms with Gasteiger partial charge in [-0.2, -0.15) is 0 Å². The molecule has 2 N–H and O–H groups in total. The number of carbonyl (C=O) groups is 2. The van der Waals surface area contributed by atoms with Crippen molar-refractivity contribution >= 4 is 11.9 Å². The van der Waals surface area contributed by atoms with Crippen molar-refractivity contribution in [3.63, 3.8) is 0 Å². The van der Waals surface area contributed by atoms with Crippen LogP contribution in [0.4, 0.5) is 0 Å². The van der Waals surface area contributed by atoms with Crippen molar-refractivity contribution in [1.29, 1.82) is 0 Å². The Kier molecular flexibility index (Phi) is 4.96. The molecule has 114 valence electrons. The Balaban J connectivity index is 1.93. The summed E-state index contributed by atoms with van der Waals surface area (Å²) in [4.78, 5) is 23.5. The number of carbonyl (C=O) groups excluding carboxylic acids is 1. The quantitative estimate of drug-likeness (QED) is 0.862. The lowest BCUT2D eigenvalue weighted by Crippen LogP contribution is -2.46. The topological polar surface area (TPSA) is 75.6 Å². The molecule has 5 nitrogen and oxygen atoms in total. The largest absolute Gasteiger partial charge is 0.481 e. The van der Waals surface area contributed by atoms with E-state index >= 15 is 0 Å². The van der Waals surface area contributed by atoms with Gasteiger partial charge in [-0.05, 0) is 30.9 Å². The van der Waals surface area contributed by atoms with Crippen molar-refractivity contribution < 1.29 is 19.4 Å². The van der Waals surface area contributed by atoms with Gasteiger partial charge in [-0.1, -0.05) is 24.3 Å². The molecule has 1 amide bonds. The molecule has 1 aromatic rings. The highest BCUT2D eigenvalue weighted by Gasteiger charge is 2.40. The molecule has 21 heavy (non-hydrogen) atoms. The highest BCUT2D eigenvalue weighted by atomic mass is 16.5. The smallest absolute Gasteiger partial charge is 0.311 e. The van der Waals surface area contributed by atoms with Crippen LogP contribution in [0.1, 0.15) is 24.0 Å². The van der Waals surface area contributed by atoms with Crippen LogP contribution in [0.5, 0.6) is 0 Å². The van der Waals surface area contributed by atoms with Crippen LogP contribution in [-0.4, -0.2) is 36.7 Å². The fraction of sp³-hybridized carbons (Fsp3) is 0.500. The first-order valence-corrected chi connectivity index (χ1v) is 7.16. The van der Waals surface area contributed by atoms with E-state index in [1.54, 1.807) is 0 Å². The molecule has 1 aromatic carbocycles. The molecule has 1 aliphatic heterocycles. The first-order valence-electron chi connectivity index (χ1n) is 7.16. The lowest BCUT2D eigenvalue weighted by Gasteiger charge is -2.33. The summed E-state index contributed by atoms with van der Waals surface area (Å²) in [5.41, 5.74) is 1.14. The monoisotopic (exact) mass is 291 g/mol. The molecular weight excluding hydrogens is 270 g/mol. The SMILES string of the molecule is Cc1ccccc1CC(=O)NCC1(C(=O)O)CCOCC1. The maximum absolute atomic E-state index is 12.0. The maximum atomic E-state index is 12.0. The second kappa shape index (κ2) is 6.72. The van der Waals surface area contributed by atoms with Gasteiger partial charge in [0.1, 0.15) is 0 Å². The third-order valence-electron chi connectivity index (χ3n) is 4.14. The fourth-order valence-corrected chi connectivity index (χ4v) is 2.54. The van der Waals surface area contributed by atoms with Gasteiger partial charge >= 0.3 is 5.97 Å². The minimum atomic E-state index is -0.889. The Hall–Kier alpha value is -1.88. The normalized spacial score (nSPS) is 17.2. The third kappa shape index (κ3) is 3.82. The van der Waals surface area contributed by atoms with Crippen molar-refractivity contribution in [3.8, 4) is 0 Å². The van der Waals surface area contributed by atoms with E-state index in [2.05, 4.69) is 5.32 Å². The molecule has 2 rings (SSSR count). The molecule has 1 heterocycles. The van der Waals surface area contributed by atoms with Crippen molar-refractivity contribution in [3.05, 3.63) is 35.4 Å². The number of benzene rings is 1. The van der Waals surface area contributed by atoms with Crippen LogP contribution in [0, 0.1) is 12.3 Å². The number of carboxylic acid groups (broad SMARTS) is 1. The molecule has 0 radical (unpaired) electrons. The van der Waals surface area contributed by atoms with Gasteiger partial charge in [0.25, 0.3) is 0 Å². The van der Waals surface area contributed by atoms with Crippen molar-refractivity contribution in [1.82, 2.24) is 5.32 Å². The molecule has 0 aliphatic carbocycles. The van der Waals surface area contributed by atoms with E-state index in [4.69, 9.17) is 4.74 Å². The van der Waals surface area contributed by atoms with Gasteiger partial charge in [-0.25, -0.2) is 0 Å². The molecule has 0 atom stereocenters. The highest BCUT2D eigenvalue weighted by Crippen LogP contribution is 2.30. The first-order chi connectivity index (χ1) is 10.0. The fourth-order valence-electron chi connectivity index (χ4n) is 2.54. The van der Waals surface area contributed by atoms with Gasteiger partial charge in [0, 0.05) is 19.8 Å². The van der Waals surface area contributed by atoms with Crippen LogP contribution >= 0.6 is 0 Å². The zero-order chi connectivity index (χ0) is 15.3. The summed E-state index contributed by atoms with van der Waals surface area (Å²) < 4.78 is 5.22. The molecule has 1 fully saturated rings. The standard InChI is InChI=1S/C16H21NO4/c1-12-4-2-3-5-13(12)10-14(18)17-11-16(15(19)20)6-8-21-9-7-16/h2-5H,6-11H2,1H3,(H,17,18)(H,19,20). The Morgan fingerprint density at radius 3 is 2.57 bits per heavy atom. The third-order valence-corrected chi connectivity index (χ3v) is 4.14. The Bertz CT molecular complexity index is 521. The minimum absolute atomic E-state index is 0.142. The maximum Gasteiger partial charge on any atom is 0.311 e. The molecule has 1 saturated heterocycles. The number of hydrogen-bond donors (Lipinski definition) is 2. The second-order valence-corrected chi connectivity index (χ2v) is 5.58. The molecule has 0 saturated carbocycles. The number of nitrogens with one attached hydrogen (secondary N) is 1. The Morgan fingerprint density at radius 1 is 1.29 bits per heavy atom. The predicted octanol–water partition coefficient (Wildman–Crippen LogP) is 1.54. The molecule has 0 bridgehead atoms. The van der Waals surface area contributed by atoms with Gasteiger partial charge in [0.15, 0.2) is 0 Å². The van der Waals surface area contributed by atoms with Gasteiger partial charge in [0.05, 0.1) is 11.8 Å². The highest BCUT2D eigenvalue weighted by molar-refractivity contribution is 5.81. The zero-order valence-corrected chi connectivity index (χ0v) is 12.2. The van der Waals surface area contributed by atoms with E-state index in [1.165, 1.54) is 0 Å². The number of amides is 1. The van der Waals surface area contributed by atoms with E-state index < -0.39 is 11.4 Å². The number of hydrogen-bond acceptors (Lipinski definition) is 3. The van der Waals surface area contributed by atoms with E-state index in [9.17, 15) is 14.7 Å². The van der Waals surface area contributed by atoms with Gasteiger partial charge < -0.3 is 15.2 Å². The van der Waals surface area contributed by atoms with E-state index in [0.717, 1.165) is 11.1 Å². The molecule has 0 unspecified atom stereocenters. The van der Waals surface area contributed by atoms with Crippen LogP contribution in [0.15, 0.2) is 24.3 Å². The summed E-state index contributed by atoms with van der Waals surface area (Å²) in [6, 6.07) is 7.70. The van der Waals surface area contributed by atoms with E-state index in [1.807, 2.05) is 31.2 Å². The lowest BCUT2D eigenvalue weighted by molar-refractivity contribution is -0.154. The van der Waals surface area contributed by atoms with Crippen LogP contribution in [0.25, 0.3) is 0 Å². The summed E-state index contributed by atoms with van der Waals surface area (Å²) in [7, 11) is 0. The predicted molar refractivity (Wildman–Crippen MR) is 78.0 cm³/mol. The average Bonchev–Trinajstić information content (AvgIpc) is 2.48. The number of aryl methyl sites for hydroxylation is 1. The summed E-state index contributed by atoms with van der Waals surface area (Å²) in [6.45, 7) is 2.98. The van der Waals surface area contributed by atoms with Gasteiger partial charge in [-0.15, -0.1) is 0 Å². The van der Waals surface area contributed by atoms with Crippen LogP contribution in [0.3, 0.4) is 0 Å². The second-order valence-electron chi connectivity index (χ2n) is 5.58. The average molecular weight is 291 g/mol. The Morgan fingerprint density at radius 2 is 1.95 bits per heavy atom. The number of carboxylic acids is 1. The number of aliphatic carboxylic acids is 1. The molecule has 0 spiro atoms. The van der Waals surface area contributed by atoms with Crippen LogP contribution < -0.4 is 5.32 Å². The Labute approximate surface area is 124 Å². The van der Waals surface area contributed by atoms with Crippen LogP contribution in [-0.2, 0) is 20.7 Å². The van der Waals surface area contributed by atoms with Crippen molar-refractivity contribution in [2.24, 2.45) is 5.41 Å². The van der Waals surface area contributed by atoms with Crippen molar-refractivity contribution in [2.45, 2.75) is 26.2 Å².